The van der Waals surface area contributed by atoms with E-state index in [1.54, 1.807) is 29.2 Å². The molecular formula is C20H23N3O3. The molecule has 26 heavy (non-hydrogen) atoms. The second kappa shape index (κ2) is 7.58. The molecule has 6 heteroatoms. The predicted molar refractivity (Wildman–Crippen MR) is 102 cm³/mol. The predicted octanol–water partition coefficient (Wildman–Crippen LogP) is 2.53. The summed E-state index contributed by atoms with van der Waals surface area (Å²) in [5, 5.41) is 2.91. The molecule has 136 valence electrons. The highest BCUT2D eigenvalue weighted by atomic mass is 16.5. The minimum Gasteiger partial charge on any atom is -0.482 e. The van der Waals surface area contributed by atoms with E-state index in [9.17, 15) is 9.59 Å². The Morgan fingerprint density at radius 1 is 1.23 bits per heavy atom. The zero-order chi connectivity index (χ0) is 18.7. The van der Waals surface area contributed by atoms with E-state index in [1.807, 2.05) is 44.1 Å². The van der Waals surface area contributed by atoms with E-state index < -0.39 is 0 Å². The van der Waals surface area contributed by atoms with E-state index in [1.165, 1.54) is 0 Å². The minimum absolute atomic E-state index is 0.0370. The maximum absolute atomic E-state index is 12.5. The van der Waals surface area contributed by atoms with Crippen molar-refractivity contribution in [2.75, 3.05) is 44.0 Å². The quantitative estimate of drug-likeness (QED) is 0.897. The first-order valence-electron chi connectivity index (χ1n) is 8.54. The molecule has 0 spiro atoms. The molecule has 1 aliphatic rings. The number of fused-ring (bicyclic) bond motifs is 1. The van der Waals surface area contributed by atoms with Crippen LogP contribution in [0.4, 0.5) is 11.4 Å². The lowest BCUT2D eigenvalue weighted by atomic mass is 10.1. The molecule has 0 fully saturated rings. The van der Waals surface area contributed by atoms with Crippen LogP contribution in [0.1, 0.15) is 15.9 Å². The van der Waals surface area contributed by atoms with Gasteiger partial charge in [0.15, 0.2) is 6.61 Å². The molecule has 0 saturated carbocycles. The number of anilines is 2. The van der Waals surface area contributed by atoms with Crippen molar-refractivity contribution in [2.45, 2.75) is 6.92 Å². The number of rotatable bonds is 5. The van der Waals surface area contributed by atoms with Gasteiger partial charge >= 0.3 is 0 Å². The van der Waals surface area contributed by atoms with E-state index >= 15 is 0 Å². The van der Waals surface area contributed by atoms with Gasteiger partial charge in [0.05, 0.1) is 5.69 Å². The number of ether oxygens (including phenoxy) is 1. The summed E-state index contributed by atoms with van der Waals surface area (Å²) in [5.74, 6) is 0.393. The maximum atomic E-state index is 12.5. The summed E-state index contributed by atoms with van der Waals surface area (Å²) in [6, 6.07) is 12.8. The molecule has 2 aromatic carbocycles. The van der Waals surface area contributed by atoms with Crippen molar-refractivity contribution in [1.82, 2.24) is 4.90 Å². The number of carbonyl (C=O) groups excluding carboxylic acids is 2. The normalized spacial score (nSPS) is 13.4. The van der Waals surface area contributed by atoms with Gasteiger partial charge in [0.25, 0.3) is 11.8 Å². The third-order valence-corrected chi connectivity index (χ3v) is 4.32. The molecule has 0 atom stereocenters. The third kappa shape index (κ3) is 3.86. The van der Waals surface area contributed by atoms with Crippen molar-refractivity contribution < 1.29 is 14.3 Å². The number of aryl methyl sites for hydroxylation is 1. The van der Waals surface area contributed by atoms with Crippen LogP contribution in [0, 0.1) is 6.92 Å². The Bertz CT molecular complexity index is 833. The molecule has 1 N–H and O–H groups in total. The van der Waals surface area contributed by atoms with Crippen molar-refractivity contribution in [3.8, 4) is 5.75 Å². The lowest BCUT2D eigenvalue weighted by Crippen LogP contribution is -2.42. The molecule has 0 aliphatic carbocycles. The zero-order valence-electron chi connectivity index (χ0n) is 15.3. The van der Waals surface area contributed by atoms with Crippen molar-refractivity contribution in [2.24, 2.45) is 0 Å². The van der Waals surface area contributed by atoms with Gasteiger partial charge in [0.2, 0.25) is 0 Å². The van der Waals surface area contributed by atoms with Gasteiger partial charge in [-0.1, -0.05) is 18.2 Å². The van der Waals surface area contributed by atoms with Gasteiger partial charge in [0, 0.05) is 24.3 Å². The summed E-state index contributed by atoms with van der Waals surface area (Å²) in [6.07, 6.45) is 0. The van der Waals surface area contributed by atoms with Crippen LogP contribution in [0.15, 0.2) is 42.5 Å². The lowest BCUT2D eigenvalue weighted by Gasteiger charge is -2.30. The Kier molecular flexibility index (Phi) is 5.23. The van der Waals surface area contributed by atoms with Crippen LogP contribution in [-0.4, -0.2) is 50.5 Å². The summed E-state index contributed by atoms with van der Waals surface area (Å²) in [6.45, 7) is 3.25. The smallest absolute Gasteiger partial charge is 0.265 e. The average molecular weight is 353 g/mol. The number of hydrogen-bond donors (Lipinski definition) is 1. The SMILES string of the molecule is Cc1ccccc1C(=O)Nc1ccc2c(c1)N(CCN(C)C)C(=O)CO2. The molecule has 0 radical (unpaired) electrons. The molecular weight excluding hydrogens is 330 g/mol. The van der Waals surface area contributed by atoms with E-state index in [0.717, 1.165) is 12.1 Å². The fourth-order valence-electron chi connectivity index (χ4n) is 2.85. The van der Waals surface area contributed by atoms with Crippen LogP contribution >= 0.6 is 0 Å². The molecule has 1 aliphatic heterocycles. The molecule has 1 heterocycles. The van der Waals surface area contributed by atoms with E-state index in [0.29, 0.717) is 29.2 Å². The first-order chi connectivity index (χ1) is 12.5. The topological polar surface area (TPSA) is 61.9 Å². The number of benzene rings is 2. The third-order valence-electron chi connectivity index (χ3n) is 4.32. The van der Waals surface area contributed by atoms with Crippen LogP contribution in [0.25, 0.3) is 0 Å². The second-order valence-corrected chi connectivity index (χ2v) is 6.59. The van der Waals surface area contributed by atoms with Gasteiger partial charge in [-0.15, -0.1) is 0 Å². The van der Waals surface area contributed by atoms with E-state index in [-0.39, 0.29) is 18.4 Å². The molecule has 2 aromatic rings. The standard InChI is InChI=1S/C20H23N3O3/c1-14-6-4-5-7-16(14)20(25)21-15-8-9-18-17(12-15)23(11-10-22(2)3)19(24)13-26-18/h4-9,12H,10-11,13H2,1-3H3,(H,21,25). The van der Waals surface area contributed by atoms with Crippen LogP contribution in [-0.2, 0) is 4.79 Å². The Morgan fingerprint density at radius 2 is 2.00 bits per heavy atom. The largest absolute Gasteiger partial charge is 0.482 e. The number of carbonyl (C=O) groups is 2. The maximum Gasteiger partial charge on any atom is 0.265 e. The van der Waals surface area contributed by atoms with Gasteiger partial charge in [-0.2, -0.15) is 0 Å². The lowest BCUT2D eigenvalue weighted by molar-refractivity contribution is -0.121. The van der Waals surface area contributed by atoms with Crippen molar-refractivity contribution in [1.29, 1.82) is 0 Å². The molecule has 0 saturated heterocycles. The van der Waals surface area contributed by atoms with Crippen LogP contribution in [0.2, 0.25) is 0 Å². The summed E-state index contributed by atoms with van der Waals surface area (Å²) >= 11 is 0. The fourth-order valence-corrected chi connectivity index (χ4v) is 2.85. The molecule has 2 amide bonds. The average Bonchev–Trinajstić information content (AvgIpc) is 2.61. The number of likely N-dealkylation sites (N-methyl/N-ethyl adjacent to an activating group) is 1. The highest BCUT2D eigenvalue weighted by molar-refractivity contribution is 6.06. The monoisotopic (exact) mass is 353 g/mol. The number of hydrogen-bond acceptors (Lipinski definition) is 4. The van der Waals surface area contributed by atoms with Crippen molar-refractivity contribution in [3.05, 3.63) is 53.6 Å². The highest BCUT2D eigenvalue weighted by Gasteiger charge is 2.26. The second-order valence-electron chi connectivity index (χ2n) is 6.59. The van der Waals surface area contributed by atoms with Crippen LogP contribution in [0.5, 0.6) is 5.75 Å². The van der Waals surface area contributed by atoms with Crippen LogP contribution in [0.3, 0.4) is 0 Å². The highest BCUT2D eigenvalue weighted by Crippen LogP contribution is 2.34. The van der Waals surface area contributed by atoms with Gasteiger partial charge in [0.1, 0.15) is 5.75 Å². The van der Waals surface area contributed by atoms with E-state index in [2.05, 4.69) is 5.32 Å². The molecule has 6 nitrogen and oxygen atoms in total. The zero-order valence-corrected chi connectivity index (χ0v) is 15.3. The van der Waals surface area contributed by atoms with Gasteiger partial charge in [-0.3, -0.25) is 9.59 Å². The summed E-state index contributed by atoms with van der Waals surface area (Å²) in [7, 11) is 3.93. The molecule has 0 unspecified atom stereocenters. The summed E-state index contributed by atoms with van der Waals surface area (Å²) in [4.78, 5) is 28.5. The number of nitrogens with one attached hydrogen (secondary N) is 1. The first-order valence-corrected chi connectivity index (χ1v) is 8.54. The van der Waals surface area contributed by atoms with Crippen LogP contribution < -0.4 is 15.0 Å². The van der Waals surface area contributed by atoms with Gasteiger partial charge < -0.3 is 19.9 Å². The Morgan fingerprint density at radius 3 is 2.73 bits per heavy atom. The number of amides is 2. The fraction of sp³-hybridized carbons (Fsp3) is 0.300. The van der Waals surface area contributed by atoms with Gasteiger partial charge in [-0.05, 0) is 50.8 Å². The molecule has 3 rings (SSSR count). The van der Waals surface area contributed by atoms with Crippen molar-refractivity contribution in [3.63, 3.8) is 0 Å². The van der Waals surface area contributed by atoms with Crippen molar-refractivity contribution >= 4 is 23.2 Å². The Hall–Kier alpha value is -2.86. The van der Waals surface area contributed by atoms with Gasteiger partial charge in [-0.25, -0.2) is 0 Å². The number of nitrogens with zero attached hydrogens (tertiary/aromatic N) is 2. The molecule has 0 aromatic heterocycles. The Labute approximate surface area is 153 Å². The molecule has 0 bridgehead atoms. The first kappa shape index (κ1) is 17.9. The van der Waals surface area contributed by atoms with E-state index in [4.69, 9.17) is 4.74 Å². The summed E-state index contributed by atoms with van der Waals surface area (Å²) < 4.78 is 5.52. The Balaban J connectivity index is 1.84. The summed E-state index contributed by atoms with van der Waals surface area (Å²) in [5.41, 5.74) is 2.85. The minimum atomic E-state index is -0.175.